The molecular weight excluding hydrogens is 447 g/mol. The number of carbonyl (C=O) groups excluding carboxylic acids is 1. The number of hydrogen-bond donors (Lipinski definition) is 2. The van der Waals surface area contributed by atoms with Crippen molar-refractivity contribution in [3.63, 3.8) is 0 Å². The Balaban J connectivity index is 2.07. The molecule has 2 aromatic carbocycles. The summed E-state index contributed by atoms with van der Waals surface area (Å²) in [6, 6.07) is 9.73. The monoisotopic (exact) mass is 467 g/mol. The minimum absolute atomic E-state index is 0.143. The van der Waals surface area contributed by atoms with Gasteiger partial charge in [-0.1, -0.05) is 6.07 Å². The molecule has 174 valence electrons. The topological polar surface area (TPSA) is 103 Å². The molecule has 4 rings (SSSR count). The fraction of sp³-hybridized carbons (Fsp3) is 0.167. The van der Waals surface area contributed by atoms with E-state index >= 15 is 0 Å². The number of fused-ring (bicyclic) bond motifs is 1. The van der Waals surface area contributed by atoms with Gasteiger partial charge in [-0.05, 0) is 48.9 Å². The first kappa shape index (κ1) is 23.3. The lowest BCUT2D eigenvalue weighted by atomic mass is 10.0. The van der Waals surface area contributed by atoms with Crippen LogP contribution in [0.5, 0.6) is 0 Å². The number of aryl methyl sites for hydroxylation is 1. The summed E-state index contributed by atoms with van der Waals surface area (Å²) >= 11 is 0. The van der Waals surface area contributed by atoms with Crippen LogP contribution in [-0.2, 0) is 0 Å². The van der Waals surface area contributed by atoms with E-state index in [2.05, 4.69) is 15.3 Å². The van der Waals surface area contributed by atoms with Crippen LogP contribution in [0.1, 0.15) is 16.2 Å². The van der Waals surface area contributed by atoms with Gasteiger partial charge in [0, 0.05) is 30.1 Å². The molecule has 4 aromatic rings. The Morgan fingerprint density at radius 3 is 2.47 bits per heavy atom. The number of halogens is 3. The van der Waals surface area contributed by atoms with Crippen molar-refractivity contribution in [1.82, 2.24) is 19.9 Å². The van der Waals surface area contributed by atoms with Gasteiger partial charge in [-0.25, -0.2) is 23.1 Å². The molecule has 2 heterocycles. The van der Waals surface area contributed by atoms with E-state index in [9.17, 15) is 22.8 Å². The quantitative estimate of drug-likeness (QED) is 0.320. The van der Waals surface area contributed by atoms with Crippen molar-refractivity contribution >= 4 is 16.8 Å². The fourth-order valence-electron chi connectivity index (χ4n) is 3.64. The summed E-state index contributed by atoms with van der Waals surface area (Å²) in [6.07, 6.45) is 0. The summed E-state index contributed by atoms with van der Waals surface area (Å²) in [5.41, 5.74) is 5.10. The number of rotatable bonds is 7. The van der Waals surface area contributed by atoms with Gasteiger partial charge in [-0.3, -0.25) is 14.2 Å². The Bertz CT molecular complexity index is 1450. The highest BCUT2D eigenvalue weighted by atomic mass is 19.1. The maximum Gasteiger partial charge on any atom is 0.256 e. The Morgan fingerprint density at radius 1 is 1.06 bits per heavy atom. The van der Waals surface area contributed by atoms with E-state index in [1.54, 1.807) is 6.92 Å². The molecule has 7 nitrogen and oxygen atoms in total. The van der Waals surface area contributed by atoms with Crippen LogP contribution in [0.15, 0.2) is 53.3 Å². The number of benzene rings is 2. The number of Topliss-reactive ketones (excluding diaryl/α,β-unsaturated/α-hetero) is 1. The number of carbonyl (C=O) groups is 1. The zero-order chi connectivity index (χ0) is 24.4. The summed E-state index contributed by atoms with van der Waals surface area (Å²) in [5.74, 6) is -3.22. The Hall–Kier alpha value is -3.89. The third-order valence-electron chi connectivity index (χ3n) is 5.21. The van der Waals surface area contributed by atoms with Crippen LogP contribution in [0.4, 0.5) is 13.2 Å². The van der Waals surface area contributed by atoms with Crippen molar-refractivity contribution in [2.75, 3.05) is 19.6 Å². The maximum atomic E-state index is 14.7. The molecule has 0 atom stereocenters. The molecule has 0 spiro atoms. The highest BCUT2D eigenvalue weighted by molar-refractivity contribution is 5.99. The SMILES string of the molecule is Cc1cc(F)ccc1-c1nc(C(=O)CNCCN)nc2c1ccc(=O)n2-c1c(F)cccc1F. The standard InChI is InChI=1S/C24H20F3N5O2/c1-13-11-14(25)5-6-15(13)21-16-7-8-20(34)32(22-17(26)3-2-4-18(22)27)24(16)31-23(30-21)19(33)12-29-10-9-28/h2-8,11,29H,9-10,12,28H2,1H3. The predicted molar refractivity (Wildman–Crippen MR) is 121 cm³/mol. The molecule has 10 heteroatoms. The number of nitrogens with zero attached hydrogens (tertiary/aromatic N) is 3. The first-order valence-electron chi connectivity index (χ1n) is 10.4. The summed E-state index contributed by atoms with van der Waals surface area (Å²) in [6.45, 7) is 2.19. The lowest BCUT2D eigenvalue weighted by Crippen LogP contribution is -2.29. The molecule has 0 radical (unpaired) electrons. The van der Waals surface area contributed by atoms with Crippen molar-refractivity contribution in [3.8, 4) is 16.9 Å². The number of nitrogens with one attached hydrogen (secondary N) is 1. The second kappa shape index (κ2) is 9.54. The van der Waals surface area contributed by atoms with Crippen LogP contribution in [0.3, 0.4) is 0 Å². The van der Waals surface area contributed by atoms with Gasteiger partial charge < -0.3 is 11.1 Å². The molecule has 3 N–H and O–H groups in total. The van der Waals surface area contributed by atoms with Gasteiger partial charge in [0.2, 0.25) is 5.78 Å². The number of nitrogens with two attached hydrogens (primary N) is 1. The van der Waals surface area contributed by atoms with Crippen LogP contribution < -0.4 is 16.6 Å². The van der Waals surface area contributed by atoms with Gasteiger partial charge in [0.15, 0.2) is 11.5 Å². The molecule has 0 aliphatic heterocycles. The molecule has 0 aliphatic rings. The second-order valence-corrected chi connectivity index (χ2v) is 7.56. The molecule has 2 aromatic heterocycles. The lowest BCUT2D eigenvalue weighted by Gasteiger charge is -2.15. The minimum atomic E-state index is -0.981. The van der Waals surface area contributed by atoms with Crippen LogP contribution in [0, 0.1) is 24.4 Å². The second-order valence-electron chi connectivity index (χ2n) is 7.56. The summed E-state index contributed by atoms with van der Waals surface area (Å²) in [7, 11) is 0. The summed E-state index contributed by atoms with van der Waals surface area (Å²) in [4.78, 5) is 34.2. The third-order valence-corrected chi connectivity index (χ3v) is 5.21. The zero-order valence-corrected chi connectivity index (χ0v) is 18.1. The number of hydrogen-bond acceptors (Lipinski definition) is 6. The van der Waals surface area contributed by atoms with E-state index in [1.165, 1.54) is 30.3 Å². The highest BCUT2D eigenvalue weighted by Crippen LogP contribution is 2.30. The van der Waals surface area contributed by atoms with Gasteiger partial charge >= 0.3 is 0 Å². The average Bonchev–Trinajstić information content (AvgIpc) is 2.79. The first-order valence-corrected chi connectivity index (χ1v) is 10.4. The van der Waals surface area contributed by atoms with E-state index < -0.39 is 34.5 Å². The minimum Gasteiger partial charge on any atom is -0.329 e. The van der Waals surface area contributed by atoms with Crippen LogP contribution >= 0.6 is 0 Å². The molecule has 34 heavy (non-hydrogen) atoms. The Kier molecular flexibility index (Phi) is 6.53. The van der Waals surface area contributed by atoms with Crippen molar-refractivity contribution in [1.29, 1.82) is 0 Å². The zero-order valence-electron chi connectivity index (χ0n) is 18.1. The van der Waals surface area contributed by atoms with Crippen molar-refractivity contribution in [2.45, 2.75) is 6.92 Å². The molecule has 0 fully saturated rings. The normalized spacial score (nSPS) is 11.2. The van der Waals surface area contributed by atoms with Crippen LogP contribution in [0.25, 0.3) is 28.0 Å². The third kappa shape index (κ3) is 4.33. The van der Waals surface area contributed by atoms with Gasteiger partial charge in [-0.15, -0.1) is 0 Å². The van der Waals surface area contributed by atoms with Crippen LogP contribution in [-0.4, -0.2) is 40.0 Å². The molecule has 0 unspecified atom stereocenters. The van der Waals surface area contributed by atoms with Gasteiger partial charge in [0.25, 0.3) is 5.56 Å². The summed E-state index contributed by atoms with van der Waals surface area (Å²) in [5, 5.41) is 3.10. The fourth-order valence-corrected chi connectivity index (χ4v) is 3.64. The van der Waals surface area contributed by atoms with E-state index in [0.717, 1.165) is 22.8 Å². The number of aromatic nitrogens is 3. The number of para-hydroxylation sites is 1. The molecule has 0 aliphatic carbocycles. The molecule has 0 saturated heterocycles. The average molecular weight is 467 g/mol. The molecular formula is C24H20F3N5O2. The van der Waals surface area contributed by atoms with Gasteiger partial charge in [-0.2, -0.15) is 0 Å². The smallest absolute Gasteiger partial charge is 0.256 e. The van der Waals surface area contributed by atoms with Crippen molar-refractivity contribution in [3.05, 3.63) is 87.7 Å². The maximum absolute atomic E-state index is 14.7. The van der Waals surface area contributed by atoms with E-state index in [4.69, 9.17) is 5.73 Å². The Labute approximate surface area is 192 Å². The van der Waals surface area contributed by atoms with Gasteiger partial charge in [0.05, 0.1) is 12.2 Å². The highest BCUT2D eigenvalue weighted by Gasteiger charge is 2.22. The van der Waals surface area contributed by atoms with E-state index in [-0.39, 0.29) is 29.1 Å². The molecule has 0 amide bonds. The van der Waals surface area contributed by atoms with E-state index in [1.807, 2.05) is 0 Å². The lowest BCUT2D eigenvalue weighted by molar-refractivity contribution is 0.0982. The number of pyridine rings is 1. The molecule has 0 saturated carbocycles. The Morgan fingerprint density at radius 2 is 1.79 bits per heavy atom. The predicted octanol–water partition coefficient (Wildman–Crippen LogP) is 2.90. The van der Waals surface area contributed by atoms with Gasteiger partial charge in [0.1, 0.15) is 23.1 Å². The first-order chi connectivity index (χ1) is 16.3. The number of ketones is 1. The van der Waals surface area contributed by atoms with E-state index in [0.29, 0.717) is 24.2 Å². The summed E-state index contributed by atoms with van der Waals surface area (Å²) < 4.78 is 43.9. The molecule has 0 bridgehead atoms. The largest absolute Gasteiger partial charge is 0.329 e. The van der Waals surface area contributed by atoms with Crippen molar-refractivity contribution in [2.24, 2.45) is 5.73 Å². The van der Waals surface area contributed by atoms with Crippen molar-refractivity contribution < 1.29 is 18.0 Å². The van der Waals surface area contributed by atoms with Crippen LogP contribution in [0.2, 0.25) is 0 Å².